The van der Waals surface area contributed by atoms with E-state index < -0.39 is 0 Å². The predicted octanol–water partition coefficient (Wildman–Crippen LogP) is 3.15. The number of carbonyl (C=O) groups excluding carboxylic acids is 2. The topological polar surface area (TPSA) is 49.4 Å². The monoisotopic (exact) mass is 328 g/mol. The Labute approximate surface area is 140 Å². The van der Waals surface area contributed by atoms with Crippen LogP contribution < -0.4 is 4.84 Å². The Bertz CT molecular complexity index is 366. The van der Waals surface area contributed by atoms with Gasteiger partial charge in [0.15, 0.2) is 0 Å². The van der Waals surface area contributed by atoms with Gasteiger partial charge in [-0.15, -0.1) is 6.42 Å². The molecule has 0 aliphatic rings. The number of hydrogen-bond donors (Lipinski definition) is 1. The van der Waals surface area contributed by atoms with Crippen molar-refractivity contribution in [3.63, 3.8) is 0 Å². The minimum absolute atomic E-state index is 0.0720. The third-order valence-corrected chi connectivity index (χ3v) is 3.85. The van der Waals surface area contributed by atoms with E-state index in [1.54, 1.807) is 4.90 Å². The molecule has 0 aromatic carbocycles. The second-order valence-corrected chi connectivity index (χ2v) is 5.89. The van der Waals surface area contributed by atoms with Crippen molar-refractivity contribution >= 4 is 23.5 Å². The van der Waals surface area contributed by atoms with Gasteiger partial charge in [-0.05, 0) is 37.5 Å². The van der Waals surface area contributed by atoms with E-state index in [2.05, 4.69) is 10.8 Å². The molecule has 0 spiro atoms. The van der Waals surface area contributed by atoms with Gasteiger partial charge >= 0.3 is 0 Å². The fraction of sp³-hybridized carbons (Fsp3) is 0.765. The number of rotatable bonds is 13. The lowest BCUT2D eigenvalue weighted by molar-refractivity contribution is -0.131. The molecule has 0 saturated carbocycles. The van der Waals surface area contributed by atoms with Gasteiger partial charge in [0.1, 0.15) is 5.78 Å². The molecule has 0 fully saturated rings. The number of unbranched alkanes of at least 4 members (excludes halogenated alkanes) is 1. The van der Waals surface area contributed by atoms with Crippen LogP contribution in [0.5, 0.6) is 0 Å². The Morgan fingerprint density at radius 3 is 2.59 bits per heavy atom. The van der Waals surface area contributed by atoms with Crippen LogP contribution in [0.25, 0.3) is 0 Å². The molecule has 0 aromatic heterocycles. The van der Waals surface area contributed by atoms with Crippen LogP contribution in [0.1, 0.15) is 58.8 Å². The zero-order chi connectivity index (χ0) is 16.8. The third kappa shape index (κ3) is 9.81. The van der Waals surface area contributed by atoms with Gasteiger partial charge in [-0.3, -0.25) is 9.59 Å². The largest absolute Gasteiger partial charge is 0.332 e. The number of hydrogen-bond acceptors (Lipinski definition) is 3. The fourth-order valence-electron chi connectivity index (χ4n) is 2.27. The number of halogens is 1. The van der Waals surface area contributed by atoms with Crippen LogP contribution in [-0.2, 0) is 9.59 Å². The molecule has 1 N–H and O–H groups in total. The molecule has 126 valence electrons. The molecule has 1 atom stereocenters. The summed E-state index contributed by atoms with van der Waals surface area (Å²) < 4.78 is 0. The Balaban J connectivity index is 4.01. The molecule has 1 amide bonds. The van der Waals surface area contributed by atoms with Crippen molar-refractivity contribution in [3.8, 4) is 12.3 Å². The van der Waals surface area contributed by atoms with Gasteiger partial charge in [-0.1, -0.05) is 26.2 Å². The molecule has 4 nitrogen and oxygen atoms in total. The van der Waals surface area contributed by atoms with E-state index in [-0.39, 0.29) is 17.6 Å². The molecule has 0 rings (SSSR count). The average molecular weight is 329 g/mol. The van der Waals surface area contributed by atoms with Crippen molar-refractivity contribution in [2.75, 3.05) is 19.6 Å². The first-order valence-corrected chi connectivity index (χ1v) is 8.52. The van der Waals surface area contributed by atoms with Gasteiger partial charge in [0.2, 0.25) is 5.91 Å². The van der Waals surface area contributed by atoms with Gasteiger partial charge in [0.25, 0.3) is 0 Å². The molecule has 5 heteroatoms. The lowest BCUT2D eigenvalue weighted by atomic mass is 9.96. The first-order valence-electron chi connectivity index (χ1n) is 8.14. The predicted molar refractivity (Wildman–Crippen MR) is 91.4 cm³/mol. The summed E-state index contributed by atoms with van der Waals surface area (Å²) >= 11 is 5.39. The number of amides is 1. The van der Waals surface area contributed by atoms with E-state index in [1.807, 2.05) is 13.8 Å². The van der Waals surface area contributed by atoms with Crippen LogP contribution in [-0.4, -0.2) is 36.2 Å². The second-order valence-electron chi connectivity index (χ2n) is 5.62. The summed E-state index contributed by atoms with van der Waals surface area (Å²) in [5.74, 6) is 2.93. The van der Waals surface area contributed by atoms with Gasteiger partial charge < -0.3 is 4.90 Å². The van der Waals surface area contributed by atoms with E-state index in [1.165, 1.54) is 0 Å². The highest BCUT2D eigenvalue weighted by molar-refractivity contribution is 6.13. The van der Waals surface area contributed by atoms with E-state index in [9.17, 15) is 9.59 Å². The average Bonchev–Trinajstić information content (AvgIpc) is 2.50. The lowest BCUT2D eigenvalue weighted by Crippen LogP contribution is -2.32. The summed E-state index contributed by atoms with van der Waals surface area (Å²) in [7, 11) is 0. The summed E-state index contributed by atoms with van der Waals surface area (Å²) in [4.78, 5) is 28.2. The molecular formula is C17H29ClN2O2. The molecule has 0 heterocycles. The highest BCUT2D eigenvalue weighted by Crippen LogP contribution is 2.12. The highest BCUT2D eigenvalue weighted by Gasteiger charge is 2.15. The van der Waals surface area contributed by atoms with Crippen LogP contribution in [0.4, 0.5) is 0 Å². The van der Waals surface area contributed by atoms with Crippen LogP contribution in [0, 0.1) is 18.3 Å². The van der Waals surface area contributed by atoms with Crippen molar-refractivity contribution in [3.05, 3.63) is 0 Å². The quantitative estimate of drug-likeness (QED) is 0.321. The summed E-state index contributed by atoms with van der Waals surface area (Å²) in [6, 6.07) is 0. The van der Waals surface area contributed by atoms with Crippen molar-refractivity contribution in [1.82, 2.24) is 9.74 Å². The Morgan fingerprint density at radius 2 is 2.00 bits per heavy atom. The lowest BCUT2D eigenvalue weighted by Gasteiger charge is -2.20. The molecular weight excluding hydrogens is 300 g/mol. The maximum atomic E-state index is 12.1. The van der Waals surface area contributed by atoms with Crippen LogP contribution in [0.3, 0.4) is 0 Å². The Kier molecular flexibility index (Phi) is 13.0. The second kappa shape index (κ2) is 13.6. The molecule has 1 unspecified atom stereocenters. The van der Waals surface area contributed by atoms with Crippen molar-refractivity contribution in [1.29, 1.82) is 0 Å². The SMILES string of the molecule is C#CCN(CCCC(=O)C(C)CCCCNCl)C(=O)CCC. The molecule has 0 saturated heterocycles. The highest BCUT2D eigenvalue weighted by atomic mass is 35.5. The fourth-order valence-corrected chi connectivity index (χ4v) is 2.40. The van der Waals surface area contributed by atoms with Crippen LogP contribution in [0.15, 0.2) is 0 Å². The van der Waals surface area contributed by atoms with Crippen LogP contribution in [0.2, 0.25) is 0 Å². The Morgan fingerprint density at radius 1 is 1.27 bits per heavy atom. The number of Topliss-reactive ketones (excluding diaryl/α,β-unsaturated/α-hetero) is 1. The number of carbonyl (C=O) groups is 2. The molecule has 0 aromatic rings. The summed E-state index contributed by atoms with van der Waals surface area (Å²) in [5.41, 5.74) is 0. The first kappa shape index (κ1) is 20.9. The van der Waals surface area contributed by atoms with Crippen molar-refractivity contribution in [2.24, 2.45) is 5.92 Å². The minimum atomic E-state index is 0.0720. The molecule has 22 heavy (non-hydrogen) atoms. The molecule has 0 radical (unpaired) electrons. The van der Waals surface area contributed by atoms with Gasteiger partial charge in [-0.2, -0.15) is 0 Å². The molecule has 0 bridgehead atoms. The molecule has 0 aliphatic heterocycles. The van der Waals surface area contributed by atoms with Crippen molar-refractivity contribution in [2.45, 2.75) is 58.8 Å². The standard InChI is InChI=1S/C17H29ClN2O2/c1-4-9-17(22)20(13-5-2)14-8-11-16(21)15(3)10-6-7-12-19-18/h2,15,19H,4,6-14H2,1,3H3. The van der Waals surface area contributed by atoms with Crippen LogP contribution >= 0.6 is 11.8 Å². The maximum Gasteiger partial charge on any atom is 0.223 e. The smallest absolute Gasteiger partial charge is 0.223 e. The van der Waals surface area contributed by atoms with Crippen molar-refractivity contribution < 1.29 is 9.59 Å². The van der Waals surface area contributed by atoms with Gasteiger partial charge in [0.05, 0.1) is 6.54 Å². The first-order chi connectivity index (χ1) is 10.6. The van der Waals surface area contributed by atoms with E-state index in [4.69, 9.17) is 18.2 Å². The Hall–Kier alpha value is -1.05. The van der Waals surface area contributed by atoms with E-state index in [0.717, 1.165) is 32.2 Å². The summed E-state index contributed by atoms with van der Waals surface area (Å²) in [5, 5.41) is 0. The van der Waals surface area contributed by atoms with E-state index >= 15 is 0 Å². The van der Waals surface area contributed by atoms with Gasteiger partial charge in [-0.25, -0.2) is 4.84 Å². The number of nitrogens with zero attached hydrogens (tertiary/aromatic N) is 1. The zero-order valence-electron chi connectivity index (χ0n) is 13.9. The van der Waals surface area contributed by atoms with Gasteiger partial charge in [0, 0.05) is 31.8 Å². The summed E-state index contributed by atoms with van der Waals surface area (Å²) in [6.07, 6.45) is 10.7. The normalized spacial score (nSPS) is 11.7. The number of ketones is 1. The summed E-state index contributed by atoms with van der Waals surface area (Å²) in [6.45, 7) is 5.60. The van der Waals surface area contributed by atoms with E-state index in [0.29, 0.717) is 32.4 Å². The maximum absolute atomic E-state index is 12.1. The third-order valence-electron chi connectivity index (χ3n) is 3.66. The number of terminal acetylenes is 1. The number of nitrogens with one attached hydrogen (secondary N) is 1. The minimum Gasteiger partial charge on any atom is -0.332 e. The zero-order valence-corrected chi connectivity index (χ0v) is 14.6. The molecule has 0 aliphatic carbocycles.